The second-order valence-electron chi connectivity index (χ2n) is 6.67. The summed E-state index contributed by atoms with van der Waals surface area (Å²) in [5.74, 6) is 0.978. The lowest BCUT2D eigenvalue weighted by Crippen LogP contribution is -2.14. The van der Waals surface area contributed by atoms with Crippen molar-refractivity contribution in [3.63, 3.8) is 0 Å². The summed E-state index contributed by atoms with van der Waals surface area (Å²) in [5.41, 5.74) is 11.5. The van der Waals surface area contributed by atoms with Crippen molar-refractivity contribution in [2.75, 3.05) is 0 Å². The predicted molar refractivity (Wildman–Crippen MR) is 91.3 cm³/mol. The highest BCUT2D eigenvalue weighted by atomic mass is 32.1. The number of hydrogen-bond acceptors (Lipinski definition) is 4. The Hall–Kier alpha value is -1.88. The van der Waals surface area contributed by atoms with Crippen LogP contribution in [0.2, 0.25) is 0 Å². The summed E-state index contributed by atoms with van der Waals surface area (Å²) >= 11 is 1.80. The largest absolute Gasteiger partial charge is 0.370 e. The number of carbonyl (C=O) groups excluding carboxylic acids is 1. The Balaban J connectivity index is 2.00. The van der Waals surface area contributed by atoms with Gasteiger partial charge in [0.05, 0.1) is 11.3 Å². The average molecular weight is 328 g/mol. The van der Waals surface area contributed by atoms with Crippen LogP contribution < -0.4 is 5.73 Å². The third-order valence-electron chi connectivity index (χ3n) is 4.95. The molecular weight excluding hydrogens is 308 g/mol. The van der Waals surface area contributed by atoms with E-state index in [2.05, 4.69) is 25.1 Å². The van der Waals surface area contributed by atoms with Gasteiger partial charge < -0.3 is 10.3 Å². The molecule has 23 heavy (non-hydrogen) atoms. The van der Waals surface area contributed by atoms with Crippen molar-refractivity contribution in [3.8, 4) is 10.4 Å². The van der Waals surface area contributed by atoms with Gasteiger partial charge in [-0.25, -0.2) is 0 Å². The van der Waals surface area contributed by atoms with Crippen LogP contribution in [-0.2, 0) is 4.79 Å². The zero-order chi connectivity index (χ0) is 16.3. The molecule has 0 saturated heterocycles. The molecule has 1 fully saturated rings. The number of fused-ring (bicyclic) bond motifs is 3. The minimum Gasteiger partial charge on any atom is -0.370 e. The lowest BCUT2D eigenvalue weighted by Gasteiger charge is -2.10. The summed E-state index contributed by atoms with van der Waals surface area (Å²) in [6, 6.07) is 0. The van der Waals surface area contributed by atoms with Crippen LogP contribution in [0.15, 0.2) is 10.6 Å². The number of carbonyl (C=O) groups is 1. The first-order chi connectivity index (χ1) is 11.0. The van der Waals surface area contributed by atoms with Crippen molar-refractivity contribution in [1.82, 2.24) is 5.16 Å². The Morgan fingerprint density at radius 3 is 2.74 bits per heavy atom. The molecule has 0 unspecified atom stereocenters. The van der Waals surface area contributed by atoms with E-state index in [9.17, 15) is 4.79 Å². The van der Waals surface area contributed by atoms with Crippen molar-refractivity contribution in [2.24, 2.45) is 11.7 Å². The molecule has 2 aliphatic rings. The Bertz CT molecular complexity index is 840. The number of aryl methyl sites for hydroxylation is 2. The third kappa shape index (κ3) is 2.26. The summed E-state index contributed by atoms with van der Waals surface area (Å²) in [6.45, 7) is 6.33. The number of thiophene rings is 1. The zero-order valence-electron chi connectivity index (χ0n) is 13.6. The van der Waals surface area contributed by atoms with Gasteiger partial charge in [-0.1, -0.05) is 11.2 Å². The molecule has 0 aliphatic heterocycles. The third-order valence-corrected chi connectivity index (χ3v) is 6.17. The summed E-state index contributed by atoms with van der Waals surface area (Å²) < 4.78 is 5.64. The molecule has 1 amide bonds. The van der Waals surface area contributed by atoms with Gasteiger partial charge in [0, 0.05) is 22.1 Å². The highest BCUT2D eigenvalue weighted by molar-refractivity contribution is 7.16. The fraction of sp³-hybridized carbons (Fsp3) is 0.444. The maximum atomic E-state index is 11.6. The van der Waals surface area contributed by atoms with E-state index >= 15 is 0 Å². The molecule has 2 aliphatic carbocycles. The lowest BCUT2D eigenvalue weighted by molar-refractivity contribution is -0.118. The van der Waals surface area contributed by atoms with Crippen LogP contribution in [-0.4, -0.2) is 11.1 Å². The SMILES string of the molecule is Cc1noc2c1-c1sc(C)c(C)c1C(C1CC1)=C[C@H]2CC(N)=O. The molecule has 1 atom stereocenters. The normalized spacial score (nSPS) is 19.8. The first-order valence-electron chi connectivity index (χ1n) is 8.04. The highest BCUT2D eigenvalue weighted by Crippen LogP contribution is 2.53. The number of hydrogen-bond donors (Lipinski definition) is 1. The molecule has 2 aromatic rings. The van der Waals surface area contributed by atoms with Gasteiger partial charge in [0.1, 0.15) is 0 Å². The van der Waals surface area contributed by atoms with Crippen LogP contribution in [0.25, 0.3) is 16.0 Å². The van der Waals surface area contributed by atoms with Gasteiger partial charge in [-0.15, -0.1) is 11.3 Å². The fourth-order valence-electron chi connectivity index (χ4n) is 3.55. The van der Waals surface area contributed by atoms with E-state index in [1.807, 2.05) is 6.92 Å². The molecule has 2 N–H and O–H groups in total. The van der Waals surface area contributed by atoms with Gasteiger partial charge >= 0.3 is 0 Å². The van der Waals surface area contributed by atoms with Gasteiger partial charge in [0.25, 0.3) is 0 Å². The standard InChI is InChI=1S/C18H20N2O2S/c1-8-10(3)23-18-15(8)13(11-4-5-11)6-12(7-14(19)21)17-16(18)9(2)20-22-17/h6,11-12H,4-5,7H2,1-3H3,(H2,19,21)/t12-/m0/s1. The molecule has 2 aromatic heterocycles. The van der Waals surface area contributed by atoms with Gasteiger partial charge in [0.2, 0.25) is 5.91 Å². The van der Waals surface area contributed by atoms with Crippen LogP contribution in [0.1, 0.15) is 52.6 Å². The van der Waals surface area contributed by atoms with E-state index in [0.717, 1.165) is 17.0 Å². The molecule has 2 heterocycles. The molecule has 1 saturated carbocycles. The molecule has 0 bridgehead atoms. The predicted octanol–water partition coefficient (Wildman–Crippen LogP) is 4.09. The summed E-state index contributed by atoms with van der Waals surface area (Å²) in [7, 11) is 0. The van der Waals surface area contributed by atoms with Gasteiger partial charge in [-0.3, -0.25) is 4.79 Å². The number of primary amides is 1. The van der Waals surface area contributed by atoms with Crippen LogP contribution in [0, 0.1) is 26.7 Å². The number of allylic oxidation sites excluding steroid dienone is 2. The van der Waals surface area contributed by atoms with E-state index in [0.29, 0.717) is 5.92 Å². The maximum Gasteiger partial charge on any atom is 0.218 e. The molecule has 0 spiro atoms. The van der Waals surface area contributed by atoms with E-state index in [1.165, 1.54) is 39.3 Å². The second kappa shape index (κ2) is 5.06. The number of aromatic nitrogens is 1. The highest BCUT2D eigenvalue weighted by Gasteiger charge is 2.37. The van der Waals surface area contributed by atoms with Crippen molar-refractivity contribution in [3.05, 3.63) is 33.5 Å². The van der Waals surface area contributed by atoms with E-state index in [-0.39, 0.29) is 18.2 Å². The molecular formula is C18H20N2O2S. The van der Waals surface area contributed by atoms with Crippen LogP contribution >= 0.6 is 11.3 Å². The van der Waals surface area contributed by atoms with Gasteiger partial charge in [-0.05, 0) is 56.2 Å². The lowest BCUT2D eigenvalue weighted by atomic mass is 9.94. The Morgan fingerprint density at radius 1 is 1.35 bits per heavy atom. The van der Waals surface area contributed by atoms with Crippen LogP contribution in [0.4, 0.5) is 0 Å². The minimum atomic E-state index is -0.306. The number of nitrogens with zero attached hydrogens (tertiary/aromatic N) is 1. The number of rotatable bonds is 3. The Morgan fingerprint density at radius 2 is 2.09 bits per heavy atom. The second-order valence-corrected chi connectivity index (χ2v) is 7.89. The van der Waals surface area contributed by atoms with Crippen molar-refractivity contribution in [1.29, 1.82) is 0 Å². The Kier molecular flexibility index (Phi) is 3.23. The molecule has 0 aromatic carbocycles. The van der Waals surface area contributed by atoms with Gasteiger partial charge in [0.15, 0.2) is 5.76 Å². The summed E-state index contributed by atoms with van der Waals surface area (Å²) in [5, 5.41) is 4.17. The Labute approximate surface area is 139 Å². The van der Waals surface area contributed by atoms with E-state index < -0.39 is 0 Å². The van der Waals surface area contributed by atoms with Crippen molar-refractivity contribution < 1.29 is 9.32 Å². The zero-order valence-corrected chi connectivity index (χ0v) is 14.4. The molecule has 0 radical (unpaired) electrons. The molecule has 120 valence electrons. The monoisotopic (exact) mass is 328 g/mol. The molecule has 4 nitrogen and oxygen atoms in total. The topological polar surface area (TPSA) is 69.1 Å². The molecule has 5 heteroatoms. The maximum absolute atomic E-state index is 11.6. The summed E-state index contributed by atoms with van der Waals surface area (Å²) in [4.78, 5) is 14.1. The number of amides is 1. The van der Waals surface area contributed by atoms with Crippen LogP contribution in [0.3, 0.4) is 0 Å². The van der Waals surface area contributed by atoms with Crippen LogP contribution in [0.5, 0.6) is 0 Å². The van der Waals surface area contributed by atoms with Crippen molar-refractivity contribution >= 4 is 22.8 Å². The van der Waals surface area contributed by atoms with Gasteiger partial charge in [-0.2, -0.15) is 0 Å². The molecule has 4 rings (SSSR count). The fourth-order valence-corrected chi connectivity index (χ4v) is 4.83. The first-order valence-corrected chi connectivity index (χ1v) is 8.86. The number of nitrogens with two attached hydrogens (primary N) is 1. The van der Waals surface area contributed by atoms with E-state index in [1.54, 1.807) is 11.3 Å². The smallest absolute Gasteiger partial charge is 0.218 e. The first kappa shape index (κ1) is 14.7. The summed E-state index contributed by atoms with van der Waals surface area (Å²) in [6.07, 6.45) is 4.94. The van der Waals surface area contributed by atoms with E-state index in [4.69, 9.17) is 10.3 Å². The van der Waals surface area contributed by atoms with Crippen molar-refractivity contribution in [2.45, 2.75) is 46.0 Å². The quantitative estimate of drug-likeness (QED) is 0.922. The minimum absolute atomic E-state index is 0.112. The average Bonchev–Trinajstić information content (AvgIpc) is 3.21.